The largest absolute Gasteiger partial charge is 0.545 e. The van der Waals surface area contributed by atoms with E-state index in [1.807, 2.05) is 0 Å². The van der Waals surface area contributed by atoms with Crippen LogP contribution in [-0.2, 0) is 10.0 Å². The summed E-state index contributed by atoms with van der Waals surface area (Å²) in [6.07, 6.45) is 0. The zero-order chi connectivity index (χ0) is 21.9. The summed E-state index contributed by atoms with van der Waals surface area (Å²) in [5, 5.41) is 13.5. The van der Waals surface area contributed by atoms with E-state index in [1.54, 1.807) is 24.3 Å². The smallest absolute Gasteiger partial charge is 0.263 e. The first-order valence-corrected chi connectivity index (χ1v) is 11.4. The molecule has 1 amide bonds. The van der Waals surface area contributed by atoms with Gasteiger partial charge in [-0.3, -0.25) is 9.52 Å². The van der Waals surface area contributed by atoms with Crippen molar-refractivity contribution >= 4 is 65.1 Å². The first-order valence-electron chi connectivity index (χ1n) is 8.36. The summed E-state index contributed by atoms with van der Waals surface area (Å²) in [5.74, 6) is -1.84. The Labute approximate surface area is 189 Å². The van der Waals surface area contributed by atoms with Gasteiger partial charge in [0.25, 0.3) is 15.9 Å². The second-order valence-electron chi connectivity index (χ2n) is 6.08. The van der Waals surface area contributed by atoms with Gasteiger partial charge in [0, 0.05) is 25.9 Å². The summed E-state index contributed by atoms with van der Waals surface area (Å²) >= 11 is 6.50. The van der Waals surface area contributed by atoms with Crippen molar-refractivity contribution in [3.8, 4) is 0 Å². The van der Waals surface area contributed by atoms with Gasteiger partial charge in [0.1, 0.15) is 4.90 Å². The summed E-state index contributed by atoms with van der Waals surface area (Å²) in [6.45, 7) is 0. The van der Waals surface area contributed by atoms with Gasteiger partial charge in [-0.2, -0.15) is 0 Å². The number of amides is 1. The van der Waals surface area contributed by atoms with Crippen LogP contribution in [0.3, 0.4) is 0 Å². The van der Waals surface area contributed by atoms with E-state index in [1.165, 1.54) is 42.5 Å². The number of aromatic carboxylic acids is 1. The van der Waals surface area contributed by atoms with Crippen LogP contribution in [0.2, 0.25) is 0 Å². The third kappa shape index (κ3) is 5.26. The Bertz CT molecular complexity index is 1210. The highest BCUT2D eigenvalue weighted by molar-refractivity contribution is 9.10. The average Bonchev–Trinajstić information content (AvgIpc) is 2.70. The molecule has 0 spiro atoms. The summed E-state index contributed by atoms with van der Waals surface area (Å²) < 4.78 is 29.1. The Kier molecular flexibility index (Phi) is 6.59. The van der Waals surface area contributed by atoms with Crippen molar-refractivity contribution in [1.82, 2.24) is 0 Å². The molecular weight excluding hydrogens is 540 g/mol. The van der Waals surface area contributed by atoms with E-state index in [0.29, 0.717) is 5.69 Å². The first kappa shape index (κ1) is 22.0. The number of carboxylic acid groups (broad SMARTS) is 1. The van der Waals surface area contributed by atoms with E-state index >= 15 is 0 Å². The number of anilines is 2. The molecule has 7 nitrogen and oxygen atoms in total. The first-order chi connectivity index (χ1) is 14.2. The van der Waals surface area contributed by atoms with E-state index in [2.05, 4.69) is 41.9 Å². The molecule has 0 aromatic heterocycles. The van der Waals surface area contributed by atoms with Crippen LogP contribution in [0.5, 0.6) is 0 Å². The SMILES string of the molecule is O=C([O-])c1ccc(NS(=O)(=O)c2cc(C(=O)Nc3ccc(Br)cc3)ccc2Br)cc1. The van der Waals surface area contributed by atoms with E-state index in [9.17, 15) is 23.1 Å². The number of rotatable bonds is 6. The van der Waals surface area contributed by atoms with E-state index in [4.69, 9.17) is 0 Å². The fourth-order valence-electron chi connectivity index (χ4n) is 2.47. The molecular formula is C20H13Br2N2O5S-. The van der Waals surface area contributed by atoms with Crippen molar-refractivity contribution in [3.63, 3.8) is 0 Å². The molecule has 154 valence electrons. The molecule has 0 heterocycles. The maximum absolute atomic E-state index is 12.8. The van der Waals surface area contributed by atoms with Crippen LogP contribution >= 0.6 is 31.9 Å². The lowest BCUT2D eigenvalue weighted by Gasteiger charge is -2.12. The molecule has 0 radical (unpaired) electrons. The standard InChI is InChI=1S/C20H14Br2N2O5S/c21-14-4-8-15(9-5-14)23-19(25)13-3-10-17(22)18(11-13)30(28,29)24-16-6-1-12(2-7-16)20(26)27/h1-11,24H,(H,23,25)(H,26,27)/p-1. The van der Waals surface area contributed by atoms with E-state index in [-0.39, 0.29) is 26.2 Å². The van der Waals surface area contributed by atoms with Crippen molar-refractivity contribution in [2.75, 3.05) is 10.0 Å². The molecule has 30 heavy (non-hydrogen) atoms. The van der Waals surface area contributed by atoms with Gasteiger partial charge in [0.05, 0.1) is 5.97 Å². The van der Waals surface area contributed by atoms with Crippen LogP contribution in [0.4, 0.5) is 11.4 Å². The minimum absolute atomic E-state index is 0.0780. The Morgan fingerprint density at radius 3 is 1.97 bits per heavy atom. The van der Waals surface area contributed by atoms with Crippen molar-refractivity contribution < 1.29 is 23.1 Å². The minimum atomic E-state index is -4.06. The predicted octanol–water partition coefficient (Wildman–Crippen LogP) is 3.63. The Morgan fingerprint density at radius 1 is 0.800 bits per heavy atom. The molecule has 0 aliphatic heterocycles. The Morgan fingerprint density at radius 2 is 1.37 bits per heavy atom. The fraction of sp³-hybridized carbons (Fsp3) is 0. The quantitative estimate of drug-likeness (QED) is 0.484. The molecule has 3 aromatic rings. The number of carboxylic acids is 1. The lowest BCUT2D eigenvalue weighted by Crippen LogP contribution is -2.22. The van der Waals surface area contributed by atoms with Crippen LogP contribution < -0.4 is 15.1 Å². The van der Waals surface area contributed by atoms with Gasteiger partial charge in [0.2, 0.25) is 0 Å². The fourth-order valence-corrected chi connectivity index (χ4v) is 4.78. The van der Waals surface area contributed by atoms with Crippen LogP contribution in [0, 0.1) is 0 Å². The molecule has 0 bridgehead atoms. The third-order valence-electron chi connectivity index (χ3n) is 3.96. The molecule has 0 unspecified atom stereocenters. The molecule has 0 fully saturated rings. The maximum atomic E-state index is 12.8. The molecule has 0 aliphatic carbocycles. The summed E-state index contributed by atoms with van der Waals surface area (Å²) in [6, 6.07) is 16.2. The van der Waals surface area contributed by atoms with Crippen LogP contribution in [-0.4, -0.2) is 20.3 Å². The average molecular weight is 553 g/mol. The van der Waals surface area contributed by atoms with Crippen LogP contribution in [0.15, 0.2) is 80.6 Å². The lowest BCUT2D eigenvalue weighted by molar-refractivity contribution is -0.255. The number of nitrogens with one attached hydrogen (secondary N) is 2. The van der Waals surface area contributed by atoms with Crippen LogP contribution in [0.1, 0.15) is 20.7 Å². The topological polar surface area (TPSA) is 115 Å². The maximum Gasteiger partial charge on any atom is 0.263 e. The molecule has 3 aromatic carbocycles. The molecule has 3 rings (SSSR count). The second-order valence-corrected chi connectivity index (χ2v) is 9.50. The highest BCUT2D eigenvalue weighted by Crippen LogP contribution is 2.26. The van der Waals surface area contributed by atoms with E-state index < -0.39 is 21.9 Å². The van der Waals surface area contributed by atoms with Crippen molar-refractivity contribution in [3.05, 3.63) is 86.8 Å². The van der Waals surface area contributed by atoms with Gasteiger partial charge in [-0.15, -0.1) is 0 Å². The van der Waals surface area contributed by atoms with Crippen molar-refractivity contribution in [1.29, 1.82) is 0 Å². The normalized spacial score (nSPS) is 11.0. The van der Waals surface area contributed by atoms with Crippen molar-refractivity contribution in [2.45, 2.75) is 4.90 Å². The molecule has 2 N–H and O–H groups in total. The highest BCUT2D eigenvalue weighted by Gasteiger charge is 2.20. The molecule has 0 saturated carbocycles. The summed E-state index contributed by atoms with van der Waals surface area (Å²) in [4.78, 5) is 23.2. The number of carbonyl (C=O) groups excluding carboxylic acids is 2. The number of hydrogen-bond donors (Lipinski definition) is 2. The number of hydrogen-bond acceptors (Lipinski definition) is 5. The summed E-state index contributed by atoms with van der Waals surface area (Å²) in [5.41, 5.74) is 0.790. The van der Waals surface area contributed by atoms with Crippen molar-refractivity contribution in [2.24, 2.45) is 0 Å². The molecule has 0 saturated heterocycles. The molecule has 0 atom stereocenters. The summed E-state index contributed by atoms with van der Waals surface area (Å²) in [7, 11) is -4.06. The third-order valence-corrected chi connectivity index (χ3v) is 6.86. The van der Waals surface area contributed by atoms with Gasteiger partial charge in [-0.25, -0.2) is 8.42 Å². The second kappa shape index (κ2) is 8.99. The number of halogens is 2. The number of benzene rings is 3. The van der Waals surface area contributed by atoms with E-state index in [0.717, 1.165) is 4.47 Å². The van der Waals surface area contributed by atoms with Gasteiger partial charge in [-0.05, 0) is 76.1 Å². The minimum Gasteiger partial charge on any atom is -0.545 e. The van der Waals surface area contributed by atoms with Gasteiger partial charge in [0.15, 0.2) is 0 Å². The highest BCUT2D eigenvalue weighted by atomic mass is 79.9. The Balaban J connectivity index is 1.84. The van der Waals surface area contributed by atoms with Crippen LogP contribution in [0.25, 0.3) is 0 Å². The molecule has 10 heteroatoms. The van der Waals surface area contributed by atoms with Gasteiger partial charge < -0.3 is 15.2 Å². The predicted molar refractivity (Wildman–Crippen MR) is 118 cm³/mol. The zero-order valence-electron chi connectivity index (χ0n) is 15.1. The van der Waals surface area contributed by atoms with Gasteiger partial charge in [-0.1, -0.05) is 28.1 Å². The number of carbonyl (C=O) groups is 2. The number of sulfonamides is 1. The Hall–Kier alpha value is -2.69. The zero-order valence-corrected chi connectivity index (χ0v) is 19.0. The lowest BCUT2D eigenvalue weighted by atomic mass is 10.2. The van der Waals surface area contributed by atoms with Gasteiger partial charge >= 0.3 is 0 Å². The monoisotopic (exact) mass is 551 g/mol. The molecule has 0 aliphatic rings.